The highest BCUT2D eigenvalue weighted by Crippen LogP contribution is 2.12. The number of hydrogen-bond donors (Lipinski definition) is 1. The lowest BCUT2D eigenvalue weighted by Crippen LogP contribution is -2.42. The summed E-state index contributed by atoms with van der Waals surface area (Å²) in [6.45, 7) is 14.3. The van der Waals surface area contributed by atoms with Gasteiger partial charge in [-0.05, 0) is 77.3 Å². The molecule has 1 N–H and O–H groups in total. The lowest BCUT2D eigenvalue weighted by atomic mass is 10.1. The molecule has 0 saturated heterocycles. The topological polar surface area (TPSA) is 60.0 Å². The number of unbranched alkanes of at least 4 members (excludes halogenated alkanes) is 24. The molecule has 0 spiro atoms. The van der Waals surface area contributed by atoms with Crippen molar-refractivity contribution in [2.45, 2.75) is 214 Å². The molecule has 6 nitrogen and oxygen atoms in total. The summed E-state index contributed by atoms with van der Waals surface area (Å²) < 4.78 is 17.5. The fourth-order valence-corrected chi connectivity index (χ4v) is 6.50. The van der Waals surface area contributed by atoms with Gasteiger partial charge in [0.15, 0.2) is 0 Å². The van der Waals surface area contributed by atoms with E-state index in [0.717, 1.165) is 45.7 Å². The molecule has 0 unspecified atom stereocenters. The smallest absolute Gasteiger partial charge is 0.407 e. The maximum atomic E-state index is 12.5. The first-order chi connectivity index (χ1) is 25.7. The lowest BCUT2D eigenvalue weighted by molar-refractivity contribution is 0.0483. The van der Waals surface area contributed by atoms with E-state index in [2.05, 4.69) is 62.2 Å². The van der Waals surface area contributed by atoms with Gasteiger partial charge in [0.25, 0.3) is 0 Å². The zero-order valence-corrected chi connectivity index (χ0v) is 35.4. The normalized spacial score (nSPS) is 12.5. The number of likely N-dealkylation sites (N-methyl/N-ethyl adjacent to an activating group) is 1. The molecule has 1 amide bonds. The minimum absolute atomic E-state index is 0.191. The molecule has 0 fully saturated rings. The van der Waals surface area contributed by atoms with Crippen molar-refractivity contribution >= 4 is 6.09 Å². The molecule has 52 heavy (non-hydrogen) atoms. The van der Waals surface area contributed by atoms with Crippen LogP contribution in [0.4, 0.5) is 4.79 Å². The summed E-state index contributed by atoms with van der Waals surface area (Å²) in [5.74, 6) is 0. The molecule has 0 aromatic heterocycles. The summed E-state index contributed by atoms with van der Waals surface area (Å²) in [5, 5.41) is 3.00. The van der Waals surface area contributed by atoms with Crippen LogP contribution in [0.15, 0.2) is 24.3 Å². The van der Waals surface area contributed by atoms with Gasteiger partial charge in [-0.15, -0.1) is 0 Å². The summed E-state index contributed by atoms with van der Waals surface area (Å²) in [5.41, 5.74) is 0. The fourth-order valence-electron chi connectivity index (χ4n) is 6.50. The number of amides is 1. The third-order valence-corrected chi connectivity index (χ3v) is 10.1. The molecule has 0 bridgehead atoms. The number of allylic oxidation sites excluding steroid dienone is 4. The van der Waals surface area contributed by atoms with Crippen LogP contribution in [-0.2, 0) is 14.2 Å². The first kappa shape index (κ1) is 50.6. The second kappa shape index (κ2) is 44.0. The van der Waals surface area contributed by atoms with Crippen molar-refractivity contribution < 1.29 is 19.0 Å². The van der Waals surface area contributed by atoms with E-state index in [-0.39, 0.29) is 12.1 Å². The summed E-state index contributed by atoms with van der Waals surface area (Å²) in [7, 11) is 0. The number of hydrogen-bond acceptors (Lipinski definition) is 5. The second-order valence-corrected chi connectivity index (χ2v) is 15.0. The fraction of sp³-hybridized carbons (Fsp3) is 0.891. The molecule has 0 radical (unpaired) electrons. The van der Waals surface area contributed by atoms with Crippen molar-refractivity contribution in [2.24, 2.45) is 0 Å². The van der Waals surface area contributed by atoms with Crippen LogP contribution in [0.25, 0.3) is 0 Å². The first-order valence-corrected chi connectivity index (χ1v) is 22.8. The second-order valence-electron chi connectivity index (χ2n) is 15.0. The summed E-state index contributed by atoms with van der Waals surface area (Å²) in [6.07, 6.45) is 45.7. The van der Waals surface area contributed by atoms with E-state index in [4.69, 9.17) is 14.2 Å². The largest absolute Gasteiger partial charge is 0.448 e. The number of nitrogens with one attached hydrogen (secondary N) is 1. The van der Waals surface area contributed by atoms with E-state index in [9.17, 15) is 4.79 Å². The molecule has 0 rings (SSSR count). The van der Waals surface area contributed by atoms with Crippen LogP contribution in [0.3, 0.4) is 0 Å². The van der Waals surface area contributed by atoms with E-state index >= 15 is 0 Å². The summed E-state index contributed by atoms with van der Waals surface area (Å²) >= 11 is 0. The molecule has 0 aliphatic heterocycles. The van der Waals surface area contributed by atoms with Gasteiger partial charge in [0.05, 0.1) is 19.3 Å². The Kier molecular flexibility index (Phi) is 42.9. The molecule has 6 heteroatoms. The minimum atomic E-state index is -0.376. The molecular weight excluding hydrogens is 645 g/mol. The maximum Gasteiger partial charge on any atom is 0.407 e. The van der Waals surface area contributed by atoms with E-state index in [1.54, 1.807) is 0 Å². The number of carbonyl (C=O) groups excluding carboxylic acids is 1. The predicted octanol–water partition coefficient (Wildman–Crippen LogP) is 13.5. The number of alkyl carbamates (subject to hydrolysis) is 1. The Hall–Kier alpha value is -1.37. The maximum absolute atomic E-state index is 12.5. The predicted molar refractivity (Wildman–Crippen MR) is 227 cm³/mol. The molecule has 0 saturated carbocycles. The highest BCUT2D eigenvalue weighted by molar-refractivity contribution is 5.67. The molecule has 0 aliphatic rings. The van der Waals surface area contributed by atoms with Gasteiger partial charge < -0.3 is 24.4 Å². The third kappa shape index (κ3) is 39.8. The zero-order valence-electron chi connectivity index (χ0n) is 35.4. The molecular formula is C46H90N2O4. The lowest BCUT2D eigenvalue weighted by Gasteiger charge is -2.20. The van der Waals surface area contributed by atoms with Crippen molar-refractivity contribution in [3.05, 3.63) is 24.3 Å². The molecule has 0 atom stereocenters. The first-order valence-electron chi connectivity index (χ1n) is 22.8. The average molecular weight is 735 g/mol. The zero-order chi connectivity index (χ0) is 37.8. The minimum Gasteiger partial charge on any atom is -0.448 e. The van der Waals surface area contributed by atoms with Gasteiger partial charge in [-0.25, -0.2) is 4.79 Å². The highest BCUT2D eigenvalue weighted by Gasteiger charge is 2.14. The van der Waals surface area contributed by atoms with E-state index < -0.39 is 0 Å². The standard InChI is InChI=1S/C46H90N2O4/c1-5-9-11-13-15-17-19-21-23-25-27-29-31-33-35-37-40-50-43-45(47-46(49)52-42-39-48(7-3)8-4)44-51-41-38-36-34-32-30-28-26-24-22-20-18-16-14-12-10-6-2/h21-24,45H,5-20,25-44H2,1-4H3,(H,47,49). The van der Waals surface area contributed by atoms with Gasteiger partial charge in [0, 0.05) is 19.8 Å². The van der Waals surface area contributed by atoms with Crippen molar-refractivity contribution in [3.8, 4) is 0 Å². The van der Waals surface area contributed by atoms with Crippen LogP contribution in [0.1, 0.15) is 207 Å². The van der Waals surface area contributed by atoms with Crippen LogP contribution in [0.5, 0.6) is 0 Å². The van der Waals surface area contributed by atoms with Gasteiger partial charge >= 0.3 is 6.09 Å². The van der Waals surface area contributed by atoms with Crippen molar-refractivity contribution in [1.82, 2.24) is 10.2 Å². The van der Waals surface area contributed by atoms with E-state index in [0.29, 0.717) is 19.8 Å². The Bertz CT molecular complexity index is 709. The van der Waals surface area contributed by atoms with Crippen LogP contribution >= 0.6 is 0 Å². The summed E-state index contributed by atoms with van der Waals surface area (Å²) in [6, 6.07) is -0.191. The average Bonchev–Trinajstić information content (AvgIpc) is 3.15. The third-order valence-electron chi connectivity index (χ3n) is 10.1. The molecule has 0 aliphatic carbocycles. The SMILES string of the molecule is CCCCCCCCC=CCCCCCCCCOCC(COCCCCCCCCC=CCCCCCCCC)NC(=O)OCCN(CC)CC. The molecule has 308 valence electrons. The van der Waals surface area contributed by atoms with Crippen LogP contribution in [0.2, 0.25) is 0 Å². The Morgan fingerprint density at radius 1 is 0.481 bits per heavy atom. The highest BCUT2D eigenvalue weighted by atomic mass is 16.6. The van der Waals surface area contributed by atoms with E-state index in [1.807, 2.05) is 0 Å². The monoisotopic (exact) mass is 735 g/mol. The molecule has 0 heterocycles. The van der Waals surface area contributed by atoms with Crippen LogP contribution < -0.4 is 5.32 Å². The Morgan fingerprint density at radius 2 is 0.827 bits per heavy atom. The van der Waals surface area contributed by atoms with Crippen molar-refractivity contribution in [2.75, 3.05) is 52.7 Å². The quantitative estimate of drug-likeness (QED) is 0.0500. The number of nitrogens with zero attached hydrogens (tertiary/aromatic N) is 1. The van der Waals surface area contributed by atoms with Gasteiger partial charge in [0.1, 0.15) is 6.61 Å². The van der Waals surface area contributed by atoms with Gasteiger partial charge in [-0.1, -0.05) is 168 Å². The summed E-state index contributed by atoms with van der Waals surface area (Å²) in [4.78, 5) is 14.8. The van der Waals surface area contributed by atoms with E-state index in [1.165, 1.54) is 167 Å². The Balaban J connectivity index is 4.01. The molecule has 0 aromatic carbocycles. The van der Waals surface area contributed by atoms with Crippen LogP contribution in [0, 0.1) is 0 Å². The van der Waals surface area contributed by atoms with Gasteiger partial charge in [-0.2, -0.15) is 0 Å². The Labute approximate surface area is 325 Å². The van der Waals surface area contributed by atoms with Gasteiger partial charge in [0.2, 0.25) is 0 Å². The molecule has 0 aromatic rings. The Morgan fingerprint density at radius 3 is 1.19 bits per heavy atom. The van der Waals surface area contributed by atoms with Crippen LogP contribution in [-0.4, -0.2) is 69.7 Å². The number of rotatable bonds is 42. The van der Waals surface area contributed by atoms with Gasteiger partial charge in [-0.3, -0.25) is 0 Å². The number of ether oxygens (including phenoxy) is 3. The van der Waals surface area contributed by atoms with Crippen molar-refractivity contribution in [1.29, 1.82) is 0 Å². The van der Waals surface area contributed by atoms with Crippen molar-refractivity contribution in [3.63, 3.8) is 0 Å². The number of carbonyl (C=O) groups is 1.